The Hall–Kier alpha value is -6.03. The summed E-state index contributed by atoms with van der Waals surface area (Å²) in [5.74, 6) is -0.683. The molecule has 1 aromatic heterocycles. The highest BCUT2D eigenvalue weighted by molar-refractivity contribution is 6.16. The van der Waals surface area contributed by atoms with Crippen LogP contribution in [0.15, 0.2) is 103 Å². The van der Waals surface area contributed by atoms with Crippen molar-refractivity contribution in [3.05, 3.63) is 120 Å². The van der Waals surface area contributed by atoms with E-state index in [0.29, 0.717) is 53.9 Å². The van der Waals surface area contributed by atoms with Crippen molar-refractivity contribution in [2.45, 2.75) is 71.4 Å². The van der Waals surface area contributed by atoms with Crippen LogP contribution in [0.2, 0.25) is 0 Å². The molecule has 0 saturated carbocycles. The summed E-state index contributed by atoms with van der Waals surface area (Å²) < 4.78 is 0. The third-order valence-corrected chi connectivity index (χ3v) is 10.6. The number of hydrogen-bond acceptors (Lipinski definition) is 5. The molecule has 55 heavy (non-hydrogen) atoms. The first-order valence-electron chi connectivity index (χ1n) is 19.1. The van der Waals surface area contributed by atoms with Gasteiger partial charge in [-0.1, -0.05) is 93.6 Å². The number of nitrogens with one attached hydrogen (secondary N) is 3. The molecule has 3 N–H and O–H groups in total. The third-order valence-electron chi connectivity index (χ3n) is 10.6. The van der Waals surface area contributed by atoms with Gasteiger partial charge in [-0.25, -0.2) is 0 Å². The largest absolute Gasteiger partial charge is 0.354 e. The average molecular weight is 738 g/mol. The normalized spacial score (nSPS) is 17.0. The summed E-state index contributed by atoms with van der Waals surface area (Å²) in [7, 11) is 0. The highest BCUT2D eigenvalue weighted by Crippen LogP contribution is 2.37. The second-order valence-corrected chi connectivity index (χ2v) is 15.6. The Morgan fingerprint density at radius 1 is 0.655 bits per heavy atom. The molecule has 0 bridgehead atoms. The fraction of sp³-hybridized carbons (Fsp3) is 0.311. The molecular formula is C45H47N5O5. The van der Waals surface area contributed by atoms with Gasteiger partial charge < -0.3 is 25.4 Å². The molecule has 282 valence electrons. The molecule has 10 nitrogen and oxygen atoms in total. The van der Waals surface area contributed by atoms with Crippen molar-refractivity contribution >= 4 is 51.7 Å². The lowest BCUT2D eigenvalue weighted by Gasteiger charge is -2.24. The summed E-state index contributed by atoms with van der Waals surface area (Å²) in [6, 6.07) is 30.7. The van der Waals surface area contributed by atoms with Crippen molar-refractivity contribution in [3.8, 4) is 11.3 Å². The number of nitrogens with zero attached hydrogens (tertiary/aromatic N) is 2. The average Bonchev–Trinajstić information content (AvgIpc) is 3.95. The number of anilines is 2. The Labute approximate surface area is 321 Å². The van der Waals surface area contributed by atoms with E-state index in [9.17, 15) is 24.0 Å². The third kappa shape index (κ3) is 8.23. The van der Waals surface area contributed by atoms with E-state index in [4.69, 9.17) is 0 Å². The summed E-state index contributed by atoms with van der Waals surface area (Å²) in [4.78, 5) is 74.2. The summed E-state index contributed by atoms with van der Waals surface area (Å²) in [6.45, 7) is 6.71. The highest BCUT2D eigenvalue weighted by atomic mass is 16.2. The first kappa shape index (κ1) is 37.3. The maximum Gasteiger partial charge on any atom is 0.247 e. The lowest BCUT2D eigenvalue weighted by molar-refractivity contribution is -0.136. The summed E-state index contributed by atoms with van der Waals surface area (Å²) >= 11 is 0. The van der Waals surface area contributed by atoms with Crippen LogP contribution in [0, 0.1) is 5.41 Å². The zero-order chi connectivity index (χ0) is 38.7. The van der Waals surface area contributed by atoms with Gasteiger partial charge in [0, 0.05) is 40.8 Å². The van der Waals surface area contributed by atoms with Gasteiger partial charge in [0.25, 0.3) is 0 Å². The van der Waals surface area contributed by atoms with E-state index in [2.05, 4.69) is 15.6 Å². The standard InChI is InChI=1S/C45H47N5O5/c1-45(2,3)42(53)40-34-28-33(47-44(55)37-17-11-25-50(37)39(52)27-30-14-8-5-9-15-30)22-23-35(34)48-41(40)31-18-20-32(21-19-31)46-43(54)36-16-10-24-49(36)38(51)26-29-12-6-4-7-13-29/h4-9,12-15,18-23,28,36-37,48H,10-11,16-17,24-27H2,1-3H3,(H,46,54)(H,47,55)/t36-,37-/m0/s1. The number of Topliss-reactive ketones (excluding diaryl/α,β-unsaturated/α-hetero) is 1. The zero-order valence-electron chi connectivity index (χ0n) is 31.6. The molecule has 2 aliphatic heterocycles. The molecule has 2 aliphatic rings. The number of rotatable bonds is 10. The Balaban J connectivity index is 1.08. The fourth-order valence-corrected chi connectivity index (χ4v) is 7.69. The Morgan fingerprint density at radius 2 is 1.15 bits per heavy atom. The maximum atomic E-state index is 14.1. The number of benzene rings is 4. The van der Waals surface area contributed by atoms with Crippen molar-refractivity contribution in [1.82, 2.24) is 14.8 Å². The molecule has 3 heterocycles. The molecule has 10 heteroatoms. The SMILES string of the molecule is CC(C)(C)C(=O)c1c(-c2ccc(NC(=O)[C@@H]3CCCN3C(=O)Cc3ccccc3)cc2)[nH]c2ccc(NC(=O)[C@@H]3CCCN3C(=O)Cc3ccccc3)cc12. The smallest absolute Gasteiger partial charge is 0.247 e. The molecule has 0 unspecified atom stereocenters. The van der Waals surface area contributed by atoms with E-state index < -0.39 is 17.5 Å². The van der Waals surface area contributed by atoms with Crippen LogP contribution < -0.4 is 10.6 Å². The van der Waals surface area contributed by atoms with Crippen molar-refractivity contribution < 1.29 is 24.0 Å². The Morgan fingerprint density at radius 3 is 1.65 bits per heavy atom. The predicted octanol–water partition coefficient (Wildman–Crippen LogP) is 7.41. The molecule has 0 aliphatic carbocycles. The minimum Gasteiger partial charge on any atom is -0.354 e. The number of likely N-dealkylation sites (tertiary alicyclic amines) is 2. The number of aromatic amines is 1. The number of carbonyl (C=O) groups excluding carboxylic acids is 5. The van der Waals surface area contributed by atoms with Crippen molar-refractivity contribution in [2.75, 3.05) is 23.7 Å². The van der Waals surface area contributed by atoms with Crippen LogP contribution in [0.4, 0.5) is 11.4 Å². The summed E-state index contributed by atoms with van der Waals surface area (Å²) in [5, 5.41) is 6.70. The first-order valence-corrected chi connectivity index (χ1v) is 19.1. The van der Waals surface area contributed by atoms with Gasteiger partial charge in [0.15, 0.2) is 5.78 Å². The predicted molar refractivity (Wildman–Crippen MR) is 215 cm³/mol. The number of ketones is 1. The topological polar surface area (TPSA) is 132 Å². The number of carbonyl (C=O) groups is 5. The van der Waals surface area contributed by atoms with Gasteiger partial charge in [0.05, 0.1) is 24.1 Å². The monoisotopic (exact) mass is 737 g/mol. The van der Waals surface area contributed by atoms with Crippen LogP contribution in [0.25, 0.3) is 22.2 Å². The lowest BCUT2D eigenvalue weighted by atomic mass is 9.84. The molecule has 7 rings (SSSR count). The number of hydrogen-bond donors (Lipinski definition) is 3. The van der Waals surface area contributed by atoms with Gasteiger partial charge in [0.1, 0.15) is 12.1 Å². The van der Waals surface area contributed by atoms with Crippen molar-refractivity contribution in [1.29, 1.82) is 0 Å². The number of aromatic nitrogens is 1. The number of fused-ring (bicyclic) bond motifs is 1. The minimum atomic E-state index is -0.703. The van der Waals surface area contributed by atoms with Crippen LogP contribution in [-0.2, 0) is 32.0 Å². The van der Waals surface area contributed by atoms with Gasteiger partial charge in [-0.15, -0.1) is 0 Å². The van der Waals surface area contributed by atoms with Crippen LogP contribution in [0.5, 0.6) is 0 Å². The van der Waals surface area contributed by atoms with E-state index in [1.807, 2.05) is 106 Å². The van der Waals surface area contributed by atoms with E-state index in [-0.39, 0.29) is 42.3 Å². The molecule has 4 aromatic carbocycles. The highest BCUT2D eigenvalue weighted by Gasteiger charge is 2.36. The second kappa shape index (κ2) is 15.8. The Bertz CT molecular complexity index is 2220. The maximum absolute atomic E-state index is 14.1. The fourth-order valence-electron chi connectivity index (χ4n) is 7.69. The van der Waals surface area contributed by atoms with Gasteiger partial charge in [-0.3, -0.25) is 24.0 Å². The van der Waals surface area contributed by atoms with Gasteiger partial charge in [0.2, 0.25) is 23.6 Å². The van der Waals surface area contributed by atoms with Crippen LogP contribution in [-0.4, -0.2) is 69.4 Å². The van der Waals surface area contributed by atoms with Crippen molar-refractivity contribution in [3.63, 3.8) is 0 Å². The van der Waals surface area contributed by atoms with E-state index >= 15 is 0 Å². The van der Waals surface area contributed by atoms with Crippen molar-refractivity contribution in [2.24, 2.45) is 5.41 Å². The van der Waals surface area contributed by atoms with E-state index in [0.717, 1.165) is 35.0 Å². The van der Waals surface area contributed by atoms with Gasteiger partial charge >= 0.3 is 0 Å². The number of H-pyrrole nitrogens is 1. The molecule has 2 fully saturated rings. The molecule has 4 amide bonds. The van der Waals surface area contributed by atoms with E-state index in [1.165, 1.54) is 0 Å². The van der Waals surface area contributed by atoms with Gasteiger partial charge in [-0.2, -0.15) is 0 Å². The molecular weight excluding hydrogens is 691 g/mol. The van der Waals surface area contributed by atoms with Gasteiger partial charge in [-0.05, 0) is 72.7 Å². The molecule has 0 spiro atoms. The first-order chi connectivity index (χ1) is 26.5. The molecule has 0 radical (unpaired) electrons. The number of amides is 4. The van der Waals surface area contributed by atoms with Crippen LogP contribution >= 0.6 is 0 Å². The molecule has 5 aromatic rings. The summed E-state index contributed by atoms with van der Waals surface area (Å²) in [5.41, 5.74) is 4.88. The molecule has 2 saturated heterocycles. The molecule has 2 atom stereocenters. The summed E-state index contributed by atoms with van der Waals surface area (Å²) in [6.07, 6.45) is 3.19. The van der Waals surface area contributed by atoms with E-state index in [1.54, 1.807) is 28.0 Å². The minimum absolute atomic E-state index is 0.0637. The lowest BCUT2D eigenvalue weighted by Crippen LogP contribution is -2.43. The second-order valence-electron chi connectivity index (χ2n) is 15.6. The van der Waals surface area contributed by atoms with Crippen LogP contribution in [0.3, 0.4) is 0 Å². The zero-order valence-corrected chi connectivity index (χ0v) is 31.6. The van der Waals surface area contributed by atoms with Crippen LogP contribution in [0.1, 0.15) is 67.9 Å². The Kier molecular flexibility index (Phi) is 10.7. The quantitative estimate of drug-likeness (QED) is 0.129.